The Labute approximate surface area is 150 Å². The van der Waals surface area contributed by atoms with Crippen molar-refractivity contribution in [3.05, 3.63) is 12.2 Å². The van der Waals surface area contributed by atoms with Crippen molar-refractivity contribution in [3.63, 3.8) is 0 Å². The van der Waals surface area contributed by atoms with E-state index in [1.165, 1.54) is 83.5 Å². The minimum atomic E-state index is -1.00. The average molecular weight is 343 g/mol. The lowest BCUT2D eigenvalue weighted by Gasteiger charge is -2.08. The van der Waals surface area contributed by atoms with Crippen LogP contribution in [0.2, 0.25) is 0 Å². The molecule has 0 aliphatic rings. The fraction of sp³-hybridized carbons (Fsp3) is 0.905. The van der Waals surface area contributed by atoms with Gasteiger partial charge < -0.3 is 14.9 Å². The van der Waals surface area contributed by atoms with Crippen LogP contribution >= 0.6 is 0 Å². The van der Waals surface area contributed by atoms with E-state index in [0.717, 1.165) is 12.8 Å². The van der Waals surface area contributed by atoms with Gasteiger partial charge in [0.2, 0.25) is 0 Å². The van der Waals surface area contributed by atoms with Gasteiger partial charge in [0.05, 0.1) is 6.61 Å². The number of rotatable bonds is 19. The van der Waals surface area contributed by atoms with E-state index in [-0.39, 0.29) is 6.61 Å². The largest absolute Gasteiger partial charge is 0.391 e. The zero-order chi connectivity index (χ0) is 17.7. The number of unbranched alkanes of at least 4 members (excludes halogenated alkanes) is 13. The van der Waals surface area contributed by atoms with Gasteiger partial charge in [-0.15, -0.1) is 0 Å². The first-order chi connectivity index (χ1) is 11.8. The highest BCUT2D eigenvalue weighted by molar-refractivity contribution is 4.81. The molecule has 0 aromatic heterocycles. The minimum absolute atomic E-state index is 0.312. The lowest BCUT2D eigenvalue weighted by atomic mass is 10.1. The summed E-state index contributed by atoms with van der Waals surface area (Å²) in [5.74, 6) is 0. The smallest absolute Gasteiger partial charge is 0.177 e. The van der Waals surface area contributed by atoms with Gasteiger partial charge in [-0.1, -0.05) is 83.3 Å². The summed E-state index contributed by atoms with van der Waals surface area (Å²) < 4.78 is 5.01. The first-order valence-corrected chi connectivity index (χ1v) is 10.4. The van der Waals surface area contributed by atoms with E-state index in [1.54, 1.807) is 0 Å². The van der Waals surface area contributed by atoms with Gasteiger partial charge in [-0.2, -0.15) is 0 Å². The van der Waals surface area contributed by atoms with Gasteiger partial charge in [0, 0.05) is 6.61 Å². The molecule has 0 saturated heterocycles. The molecule has 0 aliphatic carbocycles. The zero-order valence-electron chi connectivity index (χ0n) is 16.1. The standard InChI is InChI=1S/C21H42O3/c1-2-3-4-5-6-7-8-9-10-11-12-13-14-15-16-17-18-19-24-21(23)20-22/h9-10,21-23H,2-8,11-20H2,1H3. The predicted molar refractivity (Wildman–Crippen MR) is 103 cm³/mol. The third-order valence-corrected chi connectivity index (χ3v) is 4.37. The quantitative estimate of drug-likeness (QED) is 0.179. The van der Waals surface area contributed by atoms with E-state index in [9.17, 15) is 0 Å². The van der Waals surface area contributed by atoms with Crippen LogP contribution in [0.1, 0.15) is 103 Å². The Bertz CT molecular complexity index is 253. The molecule has 0 rings (SSSR count). The molecule has 0 saturated carbocycles. The van der Waals surface area contributed by atoms with Gasteiger partial charge in [-0.25, -0.2) is 0 Å². The molecule has 0 spiro atoms. The highest BCUT2D eigenvalue weighted by atomic mass is 16.6. The highest BCUT2D eigenvalue weighted by Gasteiger charge is 1.99. The van der Waals surface area contributed by atoms with Gasteiger partial charge in [0.25, 0.3) is 0 Å². The second-order valence-electron chi connectivity index (χ2n) is 6.80. The molecule has 0 aromatic carbocycles. The summed E-state index contributed by atoms with van der Waals surface area (Å²) in [6.45, 7) is 2.50. The fourth-order valence-corrected chi connectivity index (χ4v) is 2.80. The van der Waals surface area contributed by atoms with Crippen molar-refractivity contribution < 1.29 is 14.9 Å². The Hall–Kier alpha value is -0.380. The zero-order valence-corrected chi connectivity index (χ0v) is 16.1. The Morgan fingerprint density at radius 1 is 0.708 bits per heavy atom. The molecule has 3 heteroatoms. The van der Waals surface area contributed by atoms with Gasteiger partial charge in [0.15, 0.2) is 6.29 Å². The van der Waals surface area contributed by atoms with E-state index in [2.05, 4.69) is 19.1 Å². The van der Waals surface area contributed by atoms with Crippen molar-refractivity contribution in [2.75, 3.05) is 13.2 Å². The van der Waals surface area contributed by atoms with Crippen LogP contribution in [0.3, 0.4) is 0 Å². The lowest BCUT2D eigenvalue weighted by Crippen LogP contribution is -2.16. The molecule has 0 amide bonds. The normalized spacial score (nSPS) is 13.0. The minimum Gasteiger partial charge on any atom is -0.391 e. The van der Waals surface area contributed by atoms with Crippen LogP contribution in [0, 0.1) is 0 Å². The average Bonchev–Trinajstić information content (AvgIpc) is 2.60. The summed E-state index contributed by atoms with van der Waals surface area (Å²) in [5.41, 5.74) is 0. The molecule has 144 valence electrons. The molecule has 0 radical (unpaired) electrons. The molecule has 1 unspecified atom stereocenters. The van der Waals surface area contributed by atoms with Crippen LogP contribution in [0.5, 0.6) is 0 Å². The van der Waals surface area contributed by atoms with Crippen LogP contribution in [0.25, 0.3) is 0 Å². The topological polar surface area (TPSA) is 49.7 Å². The van der Waals surface area contributed by atoms with E-state index < -0.39 is 6.29 Å². The third-order valence-electron chi connectivity index (χ3n) is 4.37. The van der Waals surface area contributed by atoms with Gasteiger partial charge in [-0.3, -0.25) is 0 Å². The number of hydrogen-bond acceptors (Lipinski definition) is 3. The summed E-state index contributed by atoms with van der Waals surface area (Å²) in [6.07, 6.45) is 23.2. The Kier molecular flexibility index (Phi) is 20.3. The number of ether oxygens (including phenoxy) is 1. The molecule has 3 nitrogen and oxygen atoms in total. The van der Waals surface area contributed by atoms with Crippen molar-refractivity contribution in [2.24, 2.45) is 0 Å². The van der Waals surface area contributed by atoms with E-state index in [0.29, 0.717) is 6.61 Å². The molecular weight excluding hydrogens is 300 g/mol. The third kappa shape index (κ3) is 19.7. The van der Waals surface area contributed by atoms with E-state index in [4.69, 9.17) is 14.9 Å². The SMILES string of the molecule is CCCCCCCCC=CCCCCCCCCCOC(O)CO. The molecular formula is C21H42O3. The molecule has 2 N–H and O–H groups in total. The summed E-state index contributed by atoms with van der Waals surface area (Å²) in [7, 11) is 0. The van der Waals surface area contributed by atoms with Crippen LogP contribution in [0.15, 0.2) is 12.2 Å². The lowest BCUT2D eigenvalue weighted by molar-refractivity contribution is -0.125. The maximum Gasteiger partial charge on any atom is 0.177 e. The maximum atomic E-state index is 9.02. The van der Waals surface area contributed by atoms with Crippen molar-refractivity contribution >= 4 is 0 Å². The number of allylic oxidation sites excluding steroid dienone is 2. The number of aliphatic hydroxyl groups excluding tert-OH is 2. The molecule has 0 aromatic rings. The van der Waals surface area contributed by atoms with Crippen LogP contribution in [0.4, 0.5) is 0 Å². The van der Waals surface area contributed by atoms with Crippen molar-refractivity contribution in [1.29, 1.82) is 0 Å². The predicted octanol–water partition coefficient (Wildman–Crippen LogP) is 5.74. The molecule has 0 aliphatic heterocycles. The number of hydrogen-bond donors (Lipinski definition) is 2. The van der Waals surface area contributed by atoms with E-state index in [1.807, 2.05) is 0 Å². The second kappa shape index (κ2) is 20.7. The first kappa shape index (κ1) is 23.6. The summed E-state index contributed by atoms with van der Waals surface area (Å²) >= 11 is 0. The monoisotopic (exact) mass is 342 g/mol. The fourth-order valence-electron chi connectivity index (χ4n) is 2.80. The van der Waals surface area contributed by atoms with Crippen LogP contribution < -0.4 is 0 Å². The Morgan fingerprint density at radius 3 is 1.67 bits per heavy atom. The molecule has 0 bridgehead atoms. The van der Waals surface area contributed by atoms with Crippen LogP contribution in [-0.2, 0) is 4.74 Å². The Balaban J connectivity index is 3.08. The Morgan fingerprint density at radius 2 is 1.17 bits per heavy atom. The number of aliphatic hydroxyl groups is 2. The van der Waals surface area contributed by atoms with Gasteiger partial charge >= 0.3 is 0 Å². The van der Waals surface area contributed by atoms with Crippen molar-refractivity contribution in [1.82, 2.24) is 0 Å². The molecule has 0 fully saturated rings. The second-order valence-corrected chi connectivity index (χ2v) is 6.80. The molecule has 1 atom stereocenters. The van der Waals surface area contributed by atoms with E-state index >= 15 is 0 Å². The van der Waals surface area contributed by atoms with Crippen molar-refractivity contribution in [2.45, 2.75) is 110 Å². The summed E-state index contributed by atoms with van der Waals surface area (Å²) in [4.78, 5) is 0. The summed E-state index contributed by atoms with van der Waals surface area (Å²) in [6, 6.07) is 0. The van der Waals surface area contributed by atoms with Crippen molar-refractivity contribution in [3.8, 4) is 0 Å². The van der Waals surface area contributed by atoms with Crippen LogP contribution in [-0.4, -0.2) is 29.7 Å². The maximum absolute atomic E-state index is 9.02. The summed E-state index contributed by atoms with van der Waals surface area (Å²) in [5, 5.41) is 17.6. The first-order valence-electron chi connectivity index (χ1n) is 10.4. The molecule has 24 heavy (non-hydrogen) atoms. The van der Waals surface area contributed by atoms with Gasteiger partial charge in [-0.05, 0) is 32.1 Å². The highest BCUT2D eigenvalue weighted by Crippen LogP contribution is 2.10. The van der Waals surface area contributed by atoms with Gasteiger partial charge in [0.1, 0.15) is 0 Å². The molecule has 0 heterocycles.